The van der Waals surface area contributed by atoms with Crippen LogP contribution >= 0.6 is 0 Å². The summed E-state index contributed by atoms with van der Waals surface area (Å²) in [6.07, 6.45) is 0.897. The number of hydrogen-bond donors (Lipinski definition) is 1. The maximum Gasteiger partial charge on any atom is 0.341 e. The SMILES string of the molecule is CCOC(=O)c1cccc(N)c1OC(C)CC(C)C. The highest BCUT2D eigenvalue weighted by atomic mass is 16.5. The second-order valence-corrected chi connectivity index (χ2v) is 5.00. The van der Waals surface area contributed by atoms with Crippen LogP contribution in [-0.2, 0) is 4.74 Å². The maximum absolute atomic E-state index is 11.9. The molecule has 0 fully saturated rings. The van der Waals surface area contributed by atoms with Gasteiger partial charge in [-0.1, -0.05) is 19.9 Å². The Morgan fingerprint density at radius 1 is 1.32 bits per heavy atom. The molecule has 1 rings (SSSR count). The van der Waals surface area contributed by atoms with E-state index < -0.39 is 5.97 Å². The van der Waals surface area contributed by atoms with Crippen molar-refractivity contribution < 1.29 is 14.3 Å². The van der Waals surface area contributed by atoms with Crippen LogP contribution in [0.2, 0.25) is 0 Å². The first kappa shape index (κ1) is 15.3. The van der Waals surface area contributed by atoms with Gasteiger partial charge in [0.1, 0.15) is 5.56 Å². The molecular formula is C15H23NO3. The molecule has 0 heterocycles. The third kappa shape index (κ3) is 4.47. The van der Waals surface area contributed by atoms with E-state index in [1.54, 1.807) is 25.1 Å². The van der Waals surface area contributed by atoms with Crippen LogP contribution in [0.15, 0.2) is 18.2 Å². The predicted molar refractivity (Wildman–Crippen MR) is 76.4 cm³/mol. The number of nitrogens with two attached hydrogens (primary N) is 1. The molecule has 1 unspecified atom stereocenters. The lowest BCUT2D eigenvalue weighted by Gasteiger charge is -2.19. The van der Waals surface area contributed by atoms with Crippen molar-refractivity contribution in [2.45, 2.75) is 40.2 Å². The fraction of sp³-hybridized carbons (Fsp3) is 0.533. The molecule has 0 amide bonds. The highest BCUT2D eigenvalue weighted by Crippen LogP contribution is 2.29. The standard InChI is InChI=1S/C15H23NO3/c1-5-18-15(17)12-7-6-8-13(16)14(12)19-11(4)9-10(2)3/h6-8,10-11H,5,9,16H2,1-4H3. The van der Waals surface area contributed by atoms with Gasteiger partial charge in [-0.25, -0.2) is 4.79 Å². The molecule has 1 aromatic rings. The van der Waals surface area contributed by atoms with Gasteiger partial charge in [-0.05, 0) is 38.3 Å². The molecular weight excluding hydrogens is 242 g/mol. The van der Waals surface area contributed by atoms with Crippen LogP contribution < -0.4 is 10.5 Å². The minimum Gasteiger partial charge on any atom is -0.488 e. The molecule has 0 saturated heterocycles. The molecule has 0 aromatic heterocycles. The Labute approximate surface area is 114 Å². The van der Waals surface area contributed by atoms with E-state index in [-0.39, 0.29) is 6.10 Å². The minimum absolute atomic E-state index is 0.00197. The van der Waals surface area contributed by atoms with E-state index in [1.807, 2.05) is 6.92 Å². The molecule has 19 heavy (non-hydrogen) atoms. The Morgan fingerprint density at radius 2 is 2.00 bits per heavy atom. The van der Waals surface area contributed by atoms with E-state index >= 15 is 0 Å². The van der Waals surface area contributed by atoms with Crippen LogP contribution in [0.1, 0.15) is 44.5 Å². The first-order valence-electron chi connectivity index (χ1n) is 6.68. The van der Waals surface area contributed by atoms with Gasteiger partial charge in [0.15, 0.2) is 5.75 Å². The van der Waals surface area contributed by atoms with Gasteiger partial charge in [-0.3, -0.25) is 0 Å². The number of hydrogen-bond acceptors (Lipinski definition) is 4. The first-order valence-corrected chi connectivity index (χ1v) is 6.68. The Balaban J connectivity index is 2.94. The summed E-state index contributed by atoms with van der Waals surface area (Å²) < 4.78 is 10.8. The van der Waals surface area contributed by atoms with Gasteiger partial charge in [0.05, 0.1) is 18.4 Å². The number of para-hydroxylation sites is 1. The number of esters is 1. The lowest BCUT2D eigenvalue weighted by molar-refractivity contribution is 0.0519. The van der Waals surface area contributed by atoms with Gasteiger partial charge in [-0.15, -0.1) is 0 Å². The Kier molecular flexibility index (Phi) is 5.67. The summed E-state index contributed by atoms with van der Waals surface area (Å²) in [5.74, 6) is 0.543. The number of ether oxygens (including phenoxy) is 2. The number of anilines is 1. The normalized spacial score (nSPS) is 12.3. The van der Waals surface area contributed by atoms with Crippen LogP contribution in [0, 0.1) is 5.92 Å². The highest BCUT2D eigenvalue weighted by molar-refractivity contribution is 5.94. The quantitative estimate of drug-likeness (QED) is 0.633. The topological polar surface area (TPSA) is 61.5 Å². The highest BCUT2D eigenvalue weighted by Gasteiger charge is 2.18. The van der Waals surface area contributed by atoms with E-state index in [2.05, 4.69) is 13.8 Å². The molecule has 2 N–H and O–H groups in total. The molecule has 4 heteroatoms. The van der Waals surface area contributed by atoms with Crippen molar-refractivity contribution >= 4 is 11.7 Å². The lowest BCUT2D eigenvalue weighted by atomic mass is 10.1. The van der Waals surface area contributed by atoms with Crippen molar-refractivity contribution in [1.29, 1.82) is 0 Å². The van der Waals surface area contributed by atoms with Crippen molar-refractivity contribution in [3.63, 3.8) is 0 Å². The van der Waals surface area contributed by atoms with Crippen LogP contribution in [-0.4, -0.2) is 18.7 Å². The summed E-state index contributed by atoms with van der Waals surface area (Å²) in [5, 5.41) is 0. The molecule has 0 radical (unpaired) electrons. The van der Waals surface area contributed by atoms with Gasteiger partial charge in [0.2, 0.25) is 0 Å². The average molecular weight is 265 g/mol. The number of carbonyl (C=O) groups is 1. The summed E-state index contributed by atoms with van der Waals surface area (Å²) >= 11 is 0. The molecule has 4 nitrogen and oxygen atoms in total. The smallest absolute Gasteiger partial charge is 0.341 e. The summed E-state index contributed by atoms with van der Waals surface area (Å²) in [6.45, 7) is 8.32. The van der Waals surface area contributed by atoms with Gasteiger partial charge >= 0.3 is 5.97 Å². The summed E-state index contributed by atoms with van der Waals surface area (Å²) in [5.41, 5.74) is 6.75. The van der Waals surface area contributed by atoms with Crippen LogP contribution in [0.25, 0.3) is 0 Å². The third-order valence-electron chi connectivity index (χ3n) is 2.66. The van der Waals surface area contributed by atoms with Gasteiger partial charge in [0, 0.05) is 0 Å². The number of rotatable bonds is 6. The Hall–Kier alpha value is -1.71. The van der Waals surface area contributed by atoms with E-state index in [0.717, 1.165) is 6.42 Å². The molecule has 0 saturated carbocycles. The van der Waals surface area contributed by atoms with Crippen LogP contribution in [0.3, 0.4) is 0 Å². The molecule has 0 aliphatic rings. The Bertz CT molecular complexity index is 429. The van der Waals surface area contributed by atoms with Crippen molar-refractivity contribution in [1.82, 2.24) is 0 Å². The molecule has 1 atom stereocenters. The zero-order valence-electron chi connectivity index (χ0n) is 12.1. The van der Waals surface area contributed by atoms with Crippen molar-refractivity contribution in [3.05, 3.63) is 23.8 Å². The molecule has 0 spiro atoms. The van der Waals surface area contributed by atoms with E-state index in [4.69, 9.17) is 15.2 Å². The monoisotopic (exact) mass is 265 g/mol. The molecule has 106 valence electrons. The fourth-order valence-electron chi connectivity index (χ4n) is 1.97. The van der Waals surface area contributed by atoms with Gasteiger partial charge in [0.25, 0.3) is 0 Å². The average Bonchev–Trinajstić information content (AvgIpc) is 2.31. The van der Waals surface area contributed by atoms with Crippen LogP contribution in [0.5, 0.6) is 5.75 Å². The molecule has 1 aromatic carbocycles. The van der Waals surface area contributed by atoms with Crippen molar-refractivity contribution in [2.24, 2.45) is 5.92 Å². The van der Waals surface area contributed by atoms with E-state index in [9.17, 15) is 4.79 Å². The molecule has 0 bridgehead atoms. The molecule has 0 aliphatic heterocycles. The van der Waals surface area contributed by atoms with Crippen LogP contribution in [0.4, 0.5) is 5.69 Å². The zero-order valence-corrected chi connectivity index (χ0v) is 12.1. The van der Waals surface area contributed by atoms with Crippen molar-refractivity contribution in [2.75, 3.05) is 12.3 Å². The van der Waals surface area contributed by atoms with Gasteiger partial charge in [-0.2, -0.15) is 0 Å². The predicted octanol–water partition coefficient (Wildman–Crippen LogP) is 3.26. The molecule has 0 aliphatic carbocycles. The first-order chi connectivity index (χ1) is 8.95. The maximum atomic E-state index is 11.9. The number of benzene rings is 1. The summed E-state index contributed by atoms with van der Waals surface area (Å²) in [7, 11) is 0. The summed E-state index contributed by atoms with van der Waals surface area (Å²) in [4.78, 5) is 11.9. The second-order valence-electron chi connectivity index (χ2n) is 5.00. The lowest BCUT2D eigenvalue weighted by Crippen LogP contribution is -2.18. The number of carbonyl (C=O) groups excluding carboxylic acids is 1. The summed E-state index contributed by atoms with van der Waals surface area (Å²) in [6, 6.07) is 5.12. The second kappa shape index (κ2) is 7.02. The minimum atomic E-state index is -0.401. The van der Waals surface area contributed by atoms with E-state index in [0.29, 0.717) is 29.5 Å². The van der Waals surface area contributed by atoms with E-state index in [1.165, 1.54) is 0 Å². The van der Waals surface area contributed by atoms with Crippen molar-refractivity contribution in [3.8, 4) is 5.75 Å². The zero-order chi connectivity index (χ0) is 14.4. The fourth-order valence-corrected chi connectivity index (χ4v) is 1.97. The largest absolute Gasteiger partial charge is 0.488 e. The van der Waals surface area contributed by atoms with Gasteiger partial charge < -0.3 is 15.2 Å². The third-order valence-corrected chi connectivity index (χ3v) is 2.66. The Morgan fingerprint density at radius 3 is 2.58 bits per heavy atom. The number of nitrogen functional groups attached to an aromatic ring is 1.